The molecule has 0 radical (unpaired) electrons. The molecule has 0 unspecified atom stereocenters. The van der Waals surface area contributed by atoms with Gasteiger partial charge < -0.3 is 0 Å². The highest BCUT2D eigenvalue weighted by Gasteiger charge is 2.08. The van der Waals surface area contributed by atoms with E-state index >= 15 is 0 Å². The molecule has 0 fully saturated rings. The summed E-state index contributed by atoms with van der Waals surface area (Å²) >= 11 is 1.57. The van der Waals surface area contributed by atoms with Crippen LogP contribution in [-0.4, -0.2) is 20.2 Å². The van der Waals surface area contributed by atoms with Gasteiger partial charge in [0.2, 0.25) is 5.16 Å². The zero-order chi connectivity index (χ0) is 12.9. The molecule has 94 valence electrons. The van der Waals surface area contributed by atoms with Gasteiger partial charge in [0, 0.05) is 4.90 Å². The summed E-state index contributed by atoms with van der Waals surface area (Å²) in [5, 5.41) is 12.7. The molecule has 0 amide bonds. The van der Waals surface area contributed by atoms with Crippen LogP contribution in [0.4, 0.5) is 0 Å². The Kier molecular flexibility index (Phi) is 3.56. The summed E-state index contributed by atoms with van der Waals surface area (Å²) in [6, 6.07) is 20.3. The molecule has 19 heavy (non-hydrogen) atoms. The fraction of sp³-hybridized carbons (Fsp3) is 0.0714. The summed E-state index contributed by atoms with van der Waals surface area (Å²) in [4.78, 5) is 1.13. The Morgan fingerprint density at radius 3 is 2.32 bits per heavy atom. The van der Waals surface area contributed by atoms with Gasteiger partial charge in [0.25, 0.3) is 0 Å². The van der Waals surface area contributed by atoms with E-state index in [1.54, 1.807) is 11.8 Å². The van der Waals surface area contributed by atoms with Crippen molar-refractivity contribution in [1.82, 2.24) is 20.2 Å². The van der Waals surface area contributed by atoms with E-state index in [0.29, 0.717) is 6.54 Å². The van der Waals surface area contributed by atoms with Gasteiger partial charge in [-0.1, -0.05) is 48.5 Å². The zero-order valence-corrected chi connectivity index (χ0v) is 11.0. The summed E-state index contributed by atoms with van der Waals surface area (Å²) in [6.45, 7) is 0.684. The molecular weight excluding hydrogens is 256 g/mol. The maximum Gasteiger partial charge on any atom is 0.214 e. The number of aromatic nitrogens is 4. The van der Waals surface area contributed by atoms with Gasteiger partial charge in [0.15, 0.2) is 0 Å². The maximum atomic E-state index is 4.07. The first-order valence-electron chi connectivity index (χ1n) is 5.95. The van der Waals surface area contributed by atoms with Gasteiger partial charge >= 0.3 is 0 Å². The monoisotopic (exact) mass is 268 g/mol. The first kappa shape index (κ1) is 11.9. The van der Waals surface area contributed by atoms with Crippen molar-refractivity contribution >= 4 is 11.8 Å². The second kappa shape index (κ2) is 5.67. The Morgan fingerprint density at radius 1 is 0.895 bits per heavy atom. The van der Waals surface area contributed by atoms with Crippen molar-refractivity contribution in [2.24, 2.45) is 0 Å². The smallest absolute Gasteiger partial charge is 0.214 e. The number of hydrogen-bond acceptors (Lipinski definition) is 4. The van der Waals surface area contributed by atoms with Crippen molar-refractivity contribution < 1.29 is 0 Å². The summed E-state index contributed by atoms with van der Waals surface area (Å²) in [7, 11) is 0. The van der Waals surface area contributed by atoms with Crippen LogP contribution >= 0.6 is 11.8 Å². The lowest BCUT2D eigenvalue weighted by Crippen LogP contribution is -2.03. The van der Waals surface area contributed by atoms with E-state index in [-0.39, 0.29) is 0 Å². The lowest BCUT2D eigenvalue weighted by Gasteiger charge is -2.04. The molecule has 0 N–H and O–H groups in total. The van der Waals surface area contributed by atoms with Crippen LogP contribution in [0, 0.1) is 0 Å². The third kappa shape index (κ3) is 3.00. The van der Waals surface area contributed by atoms with Gasteiger partial charge in [-0.3, -0.25) is 0 Å². The van der Waals surface area contributed by atoms with Gasteiger partial charge in [0.1, 0.15) is 0 Å². The second-order valence-electron chi connectivity index (χ2n) is 4.02. The minimum absolute atomic E-state index is 0.684. The van der Waals surface area contributed by atoms with E-state index in [9.17, 15) is 0 Å². The van der Waals surface area contributed by atoms with E-state index in [4.69, 9.17) is 0 Å². The molecule has 0 bridgehead atoms. The van der Waals surface area contributed by atoms with Crippen molar-refractivity contribution in [2.75, 3.05) is 0 Å². The molecule has 0 spiro atoms. The summed E-state index contributed by atoms with van der Waals surface area (Å²) in [5.41, 5.74) is 1.18. The van der Waals surface area contributed by atoms with Crippen LogP contribution in [0.25, 0.3) is 0 Å². The molecule has 1 aromatic heterocycles. The van der Waals surface area contributed by atoms with Crippen LogP contribution < -0.4 is 0 Å². The topological polar surface area (TPSA) is 43.6 Å². The van der Waals surface area contributed by atoms with E-state index in [1.165, 1.54) is 5.56 Å². The Bertz CT molecular complexity index is 581. The number of nitrogens with zero attached hydrogens (tertiary/aromatic N) is 4. The molecule has 3 aromatic rings. The van der Waals surface area contributed by atoms with E-state index < -0.39 is 0 Å². The number of hydrogen-bond donors (Lipinski definition) is 0. The molecule has 2 aromatic carbocycles. The molecule has 5 heteroatoms. The molecular formula is C14H12N4S. The Morgan fingerprint density at radius 2 is 1.58 bits per heavy atom. The molecule has 3 rings (SSSR count). The minimum Gasteiger partial charge on any atom is -0.216 e. The fourth-order valence-corrected chi connectivity index (χ4v) is 2.51. The fourth-order valence-electron chi connectivity index (χ4n) is 1.72. The standard InChI is InChI=1S/C14H12N4S/c1-3-7-12(8-4-1)11-18-14(15-16-17-18)19-13-9-5-2-6-10-13/h1-10H,11H2. The molecule has 1 heterocycles. The second-order valence-corrected chi connectivity index (χ2v) is 5.06. The first-order chi connectivity index (χ1) is 9.42. The SMILES string of the molecule is c1ccc(Cn2nnnc2Sc2ccccc2)cc1. The van der Waals surface area contributed by atoms with E-state index in [1.807, 2.05) is 53.2 Å². The lowest BCUT2D eigenvalue weighted by atomic mass is 10.2. The molecule has 0 atom stereocenters. The van der Waals surface area contributed by atoms with Gasteiger partial charge in [-0.05, 0) is 39.9 Å². The normalized spacial score (nSPS) is 10.5. The van der Waals surface area contributed by atoms with Crippen LogP contribution in [0.2, 0.25) is 0 Å². The predicted octanol–water partition coefficient (Wildman–Crippen LogP) is 2.87. The predicted molar refractivity (Wildman–Crippen MR) is 73.9 cm³/mol. The van der Waals surface area contributed by atoms with Crippen molar-refractivity contribution in [3.8, 4) is 0 Å². The van der Waals surface area contributed by atoms with Gasteiger partial charge in [-0.2, -0.15) is 0 Å². The highest BCUT2D eigenvalue weighted by molar-refractivity contribution is 7.99. The third-order valence-corrected chi connectivity index (χ3v) is 3.61. The Labute approximate surface area is 115 Å². The summed E-state index contributed by atoms with van der Waals surface area (Å²) < 4.78 is 1.81. The molecule has 4 nitrogen and oxygen atoms in total. The molecule has 0 saturated heterocycles. The Balaban J connectivity index is 1.79. The average molecular weight is 268 g/mol. The van der Waals surface area contributed by atoms with Crippen LogP contribution in [0.3, 0.4) is 0 Å². The molecule has 0 saturated carbocycles. The van der Waals surface area contributed by atoms with Crippen LogP contribution in [-0.2, 0) is 6.54 Å². The summed E-state index contributed by atoms with van der Waals surface area (Å²) in [6.07, 6.45) is 0. The zero-order valence-electron chi connectivity index (χ0n) is 10.2. The summed E-state index contributed by atoms with van der Waals surface area (Å²) in [5.74, 6) is 0. The van der Waals surface area contributed by atoms with Crippen LogP contribution in [0.1, 0.15) is 5.56 Å². The number of benzene rings is 2. The lowest BCUT2D eigenvalue weighted by molar-refractivity contribution is 0.603. The highest BCUT2D eigenvalue weighted by atomic mass is 32.2. The van der Waals surface area contributed by atoms with E-state index in [2.05, 4.69) is 27.7 Å². The van der Waals surface area contributed by atoms with Gasteiger partial charge in [-0.25, -0.2) is 4.68 Å². The molecule has 0 aliphatic rings. The quantitative estimate of drug-likeness (QED) is 0.729. The van der Waals surface area contributed by atoms with Gasteiger partial charge in [0.05, 0.1) is 6.54 Å². The number of rotatable bonds is 4. The number of tetrazole rings is 1. The van der Waals surface area contributed by atoms with Crippen molar-refractivity contribution in [2.45, 2.75) is 16.6 Å². The maximum absolute atomic E-state index is 4.07. The van der Waals surface area contributed by atoms with Crippen molar-refractivity contribution in [3.63, 3.8) is 0 Å². The Hall–Kier alpha value is -2.14. The van der Waals surface area contributed by atoms with Gasteiger partial charge in [-0.15, -0.1) is 5.10 Å². The third-order valence-electron chi connectivity index (χ3n) is 2.63. The highest BCUT2D eigenvalue weighted by Crippen LogP contribution is 2.24. The minimum atomic E-state index is 0.684. The van der Waals surface area contributed by atoms with Crippen molar-refractivity contribution in [3.05, 3.63) is 66.2 Å². The molecule has 0 aliphatic heterocycles. The largest absolute Gasteiger partial charge is 0.216 e. The van der Waals surface area contributed by atoms with E-state index in [0.717, 1.165) is 10.1 Å². The molecule has 0 aliphatic carbocycles. The first-order valence-corrected chi connectivity index (χ1v) is 6.76. The van der Waals surface area contributed by atoms with Crippen molar-refractivity contribution in [1.29, 1.82) is 0 Å². The van der Waals surface area contributed by atoms with Crippen LogP contribution in [0.15, 0.2) is 70.7 Å². The van der Waals surface area contributed by atoms with Crippen LogP contribution in [0.5, 0.6) is 0 Å². The average Bonchev–Trinajstić information content (AvgIpc) is 2.88.